The molecule has 1 atom stereocenters. The second kappa shape index (κ2) is 6.02. The molecule has 1 aliphatic rings. The van der Waals surface area contributed by atoms with Crippen LogP contribution in [-0.4, -0.2) is 46.6 Å². The van der Waals surface area contributed by atoms with Gasteiger partial charge in [-0.2, -0.15) is 4.98 Å². The summed E-state index contributed by atoms with van der Waals surface area (Å²) < 4.78 is 18.9. The highest BCUT2D eigenvalue weighted by Crippen LogP contribution is 2.25. The van der Waals surface area contributed by atoms with E-state index in [0.29, 0.717) is 18.3 Å². The topological polar surface area (TPSA) is 71.4 Å². The molecular formula is C15H20FN5O. The first-order valence-electron chi connectivity index (χ1n) is 7.30. The number of nitrogen functional groups attached to an aromatic ring is 1. The molecule has 7 heteroatoms. The second-order valence-corrected chi connectivity index (χ2v) is 5.72. The summed E-state index contributed by atoms with van der Waals surface area (Å²) in [5, 5.41) is 3.86. The van der Waals surface area contributed by atoms with Gasteiger partial charge in [0.1, 0.15) is 11.9 Å². The SMILES string of the molecule is Cc1noc(C2CN(Cc3cccc(F)c3N)CCN2C)n1. The Morgan fingerprint density at radius 2 is 2.23 bits per heavy atom. The molecule has 0 radical (unpaired) electrons. The zero-order valence-corrected chi connectivity index (χ0v) is 12.8. The van der Waals surface area contributed by atoms with Crippen molar-refractivity contribution in [2.75, 3.05) is 32.4 Å². The van der Waals surface area contributed by atoms with Gasteiger partial charge in [-0.15, -0.1) is 0 Å². The number of nitrogens with zero attached hydrogens (tertiary/aromatic N) is 4. The minimum absolute atomic E-state index is 0.0460. The molecule has 3 rings (SSSR count). The number of piperazine rings is 1. The zero-order chi connectivity index (χ0) is 15.7. The maximum absolute atomic E-state index is 13.6. The summed E-state index contributed by atoms with van der Waals surface area (Å²) in [6.45, 7) is 4.92. The van der Waals surface area contributed by atoms with Crippen molar-refractivity contribution in [3.05, 3.63) is 41.3 Å². The summed E-state index contributed by atoms with van der Waals surface area (Å²) in [6.07, 6.45) is 0. The van der Waals surface area contributed by atoms with Gasteiger partial charge in [0, 0.05) is 26.2 Å². The quantitative estimate of drug-likeness (QED) is 0.868. The Hall–Kier alpha value is -1.99. The summed E-state index contributed by atoms with van der Waals surface area (Å²) in [6, 6.07) is 4.98. The van der Waals surface area contributed by atoms with Crippen LogP contribution in [0, 0.1) is 12.7 Å². The predicted octanol–water partition coefficient (Wildman–Crippen LogP) is 1.59. The molecule has 0 spiro atoms. The van der Waals surface area contributed by atoms with E-state index >= 15 is 0 Å². The molecular weight excluding hydrogens is 285 g/mol. The third-order valence-electron chi connectivity index (χ3n) is 4.10. The first kappa shape index (κ1) is 14.9. The van der Waals surface area contributed by atoms with Crippen molar-refractivity contribution in [1.29, 1.82) is 0 Å². The Labute approximate surface area is 128 Å². The van der Waals surface area contributed by atoms with Gasteiger partial charge in [-0.25, -0.2) is 4.39 Å². The van der Waals surface area contributed by atoms with Crippen LogP contribution in [-0.2, 0) is 6.54 Å². The summed E-state index contributed by atoms with van der Waals surface area (Å²) >= 11 is 0. The van der Waals surface area contributed by atoms with Crippen molar-refractivity contribution in [3.63, 3.8) is 0 Å². The lowest BCUT2D eigenvalue weighted by Crippen LogP contribution is -2.46. The van der Waals surface area contributed by atoms with Gasteiger partial charge in [0.15, 0.2) is 5.82 Å². The smallest absolute Gasteiger partial charge is 0.245 e. The highest BCUT2D eigenvalue weighted by molar-refractivity contribution is 5.47. The molecule has 1 unspecified atom stereocenters. The Morgan fingerprint density at radius 1 is 1.41 bits per heavy atom. The molecule has 1 saturated heterocycles. The fourth-order valence-electron chi connectivity index (χ4n) is 2.75. The van der Waals surface area contributed by atoms with Crippen LogP contribution in [0.4, 0.5) is 10.1 Å². The first-order chi connectivity index (χ1) is 10.5. The van der Waals surface area contributed by atoms with Crippen molar-refractivity contribution in [2.45, 2.75) is 19.5 Å². The van der Waals surface area contributed by atoms with E-state index in [-0.39, 0.29) is 17.5 Å². The molecule has 6 nitrogen and oxygen atoms in total. The molecule has 1 aliphatic heterocycles. The van der Waals surface area contributed by atoms with Gasteiger partial charge in [-0.05, 0) is 25.6 Å². The zero-order valence-electron chi connectivity index (χ0n) is 12.8. The number of aromatic nitrogens is 2. The molecule has 0 saturated carbocycles. The number of para-hydroxylation sites is 1. The number of aryl methyl sites for hydroxylation is 1. The van der Waals surface area contributed by atoms with Gasteiger partial charge >= 0.3 is 0 Å². The molecule has 1 aromatic heterocycles. The van der Waals surface area contributed by atoms with E-state index in [0.717, 1.165) is 25.2 Å². The third kappa shape index (κ3) is 2.95. The minimum Gasteiger partial charge on any atom is -0.396 e. The van der Waals surface area contributed by atoms with Crippen LogP contribution in [0.15, 0.2) is 22.7 Å². The summed E-state index contributed by atoms with van der Waals surface area (Å²) in [7, 11) is 2.04. The molecule has 0 aliphatic carbocycles. The molecule has 118 valence electrons. The molecule has 2 N–H and O–H groups in total. The average Bonchev–Trinajstić information content (AvgIpc) is 2.92. The standard InChI is InChI=1S/C15H20FN5O/c1-10-18-15(22-19-10)13-9-21(7-6-20(13)2)8-11-4-3-5-12(16)14(11)17/h3-5,13H,6-9,17H2,1-2H3. The van der Waals surface area contributed by atoms with Crippen LogP contribution in [0.1, 0.15) is 23.3 Å². The van der Waals surface area contributed by atoms with Gasteiger partial charge in [-0.1, -0.05) is 17.3 Å². The van der Waals surface area contributed by atoms with Crippen LogP contribution in [0.5, 0.6) is 0 Å². The highest BCUT2D eigenvalue weighted by Gasteiger charge is 2.30. The molecule has 2 heterocycles. The predicted molar refractivity (Wildman–Crippen MR) is 80.5 cm³/mol. The Balaban J connectivity index is 1.74. The lowest BCUT2D eigenvalue weighted by molar-refractivity contribution is 0.0715. The van der Waals surface area contributed by atoms with E-state index in [1.165, 1.54) is 6.07 Å². The third-order valence-corrected chi connectivity index (χ3v) is 4.10. The second-order valence-electron chi connectivity index (χ2n) is 5.72. The van der Waals surface area contributed by atoms with E-state index in [1.54, 1.807) is 13.0 Å². The number of benzene rings is 1. The Bertz CT molecular complexity index is 659. The molecule has 22 heavy (non-hydrogen) atoms. The van der Waals surface area contributed by atoms with Crippen molar-refractivity contribution in [2.24, 2.45) is 0 Å². The summed E-state index contributed by atoms with van der Waals surface area (Å²) in [5.41, 5.74) is 6.86. The van der Waals surface area contributed by atoms with E-state index in [2.05, 4.69) is 19.9 Å². The maximum atomic E-state index is 13.6. The number of rotatable bonds is 3. The number of likely N-dealkylation sites (N-methyl/N-ethyl adjacent to an activating group) is 1. The van der Waals surface area contributed by atoms with Crippen molar-refractivity contribution >= 4 is 5.69 Å². The largest absolute Gasteiger partial charge is 0.396 e. The highest BCUT2D eigenvalue weighted by atomic mass is 19.1. The van der Waals surface area contributed by atoms with Crippen LogP contribution in [0.3, 0.4) is 0 Å². The van der Waals surface area contributed by atoms with Crippen LogP contribution < -0.4 is 5.73 Å². The lowest BCUT2D eigenvalue weighted by atomic mass is 10.1. The normalized spacial score (nSPS) is 20.4. The van der Waals surface area contributed by atoms with Gasteiger partial charge in [0.2, 0.25) is 5.89 Å². The first-order valence-corrected chi connectivity index (χ1v) is 7.30. The summed E-state index contributed by atoms with van der Waals surface area (Å²) in [4.78, 5) is 8.75. The van der Waals surface area contributed by atoms with E-state index < -0.39 is 0 Å². The molecule has 1 fully saturated rings. The lowest BCUT2D eigenvalue weighted by Gasteiger charge is -2.37. The number of hydrogen-bond acceptors (Lipinski definition) is 6. The monoisotopic (exact) mass is 305 g/mol. The minimum atomic E-state index is -0.365. The Kier molecular flexibility index (Phi) is 4.08. The fraction of sp³-hybridized carbons (Fsp3) is 0.467. The van der Waals surface area contributed by atoms with Crippen LogP contribution in [0.25, 0.3) is 0 Å². The van der Waals surface area contributed by atoms with Gasteiger partial charge in [0.05, 0.1) is 5.69 Å². The molecule has 2 aromatic rings. The van der Waals surface area contributed by atoms with Gasteiger partial charge in [0.25, 0.3) is 0 Å². The fourth-order valence-corrected chi connectivity index (χ4v) is 2.75. The van der Waals surface area contributed by atoms with Crippen molar-refractivity contribution < 1.29 is 8.91 Å². The van der Waals surface area contributed by atoms with E-state index in [1.807, 2.05) is 13.1 Å². The molecule has 1 aromatic carbocycles. The Morgan fingerprint density at radius 3 is 2.95 bits per heavy atom. The van der Waals surface area contributed by atoms with E-state index in [4.69, 9.17) is 10.3 Å². The number of halogens is 1. The van der Waals surface area contributed by atoms with Crippen LogP contribution in [0.2, 0.25) is 0 Å². The summed E-state index contributed by atoms with van der Waals surface area (Å²) in [5.74, 6) is 0.891. The van der Waals surface area contributed by atoms with Gasteiger partial charge in [-0.3, -0.25) is 9.80 Å². The average molecular weight is 305 g/mol. The molecule has 0 amide bonds. The van der Waals surface area contributed by atoms with Crippen molar-refractivity contribution in [3.8, 4) is 0 Å². The maximum Gasteiger partial charge on any atom is 0.245 e. The molecule has 0 bridgehead atoms. The van der Waals surface area contributed by atoms with Crippen molar-refractivity contribution in [1.82, 2.24) is 19.9 Å². The number of hydrogen-bond donors (Lipinski definition) is 1. The number of anilines is 1. The van der Waals surface area contributed by atoms with E-state index in [9.17, 15) is 4.39 Å². The van der Waals surface area contributed by atoms with Gasteiger partial charge < -0.3 is 10.3 Å². The van der Waals surface area contributed by atoms with Crippen LogP contribution >= 0.6 is 0 Å². The number of nitrogens with two attached hydrogens (primary N) is 1.